The van der Waals surface area contributed by atoms with Gasteiger partial charge in [0.1, 0.15) is 16.9 Å². The molecule has 8 nitrogen and oxygen atoms in total. The summed E-state index contributed by atoms with van der Waals surface area (Å²) in [6.45, 7) is 7.42. The van der Waals surface area contributed by atoms with Crippen LogP contribution in [0.2, 0.25) is 0 Å². The number of nitrogens with one attached hydrogen (secondary N) is 1. The van der Waals surface area contributed by atoms with Crippen LogP contribution in [-0.4, -0.2) is 30.0 Å². The number of aromatic nitrogens is 5. The highest BCUT2D eigenvalue weighted by Crippen LogP contribution is 2.25. The standard InChI is InChI=1S/C27H26N6O2/c1-17-14-18(2)16-21(15-17)28-25(34)20(4)32-27(35)23-24(19(3)29-32)30-33(22-10-6-5-7-11-22)26(23)31-12-8-9-13-31/h5-16,20H,1-4H3,(H,28,34). The molecule has 0 spiro atoms. The maximum atomic E-state index is 13.8. The molecule has 3 aromatic heterocycles. The van der Waals surface area contributed by atoms with Crippen LogP contribution >= 0.6 is 0 Å². The average molecular weight is 467 g/mol. The highest BCUT2D eigenvalue weighted by atomic mass is 16.2. The molecule has 0 saturated heterocycles. The van der Waals surface area contributed by atoms with Crippen LogP contribution in [0.4, 0.5) is 5.69 Å². The number of nitrogens with zero attached hydrogens (tertiary/aromatic N) is 5. The SMILES string of the molecule is Cc1cc(C)cc(NC(=O)C(C)n2nc(C)c3nn(-c4ccccc4)c(-n4cccc4)c3c2=O)c1. The van der Waals surface area contributed by atoms with E-state index in [1.165, 1.54) is 4.68 Å². The molecule has 1 unspecified atom stereocenters. The molecule has 176 valence electrons. The lowest BCUT2D eigenvalue weighted by molar-refractivity contribution is -0.119. The molecule has 5 aromatic rings. The summed E-state index contributed by atoms with van der Waals surface area (Å²) in [5.41, 5.74) is 4.29. The topological polar surface area (TPSA) is 86.7 Å². The highest BCUT2D eigenvalue weighted by Gasteiger charge is 2.25. The van der Waals surface area contributed by atoms with Gasteiger partial charge in [-0.2, -0.15) is 10.2 Å². The van der Waals surface area contributed by atoms with E-state index in [0.29, 0.717) is 28.1 Å². The van der Waals surface area contributed by atoms with E-state index in [4.69, 9.17) is 5.10 Å². The number of carbonyl (C=O) groups excluding carboxylic acids is 1. The Hall–Kier alpha value is -4.46. The largest absolute Gasteiger partial charge is 0.324 e. The first kappa shape index (κ1) is 22.3. The lowest BCUT2D eigenvalue weighted by Gasteiger charge is -2.16. The number of hydrogen-bond donors (Lipinski definition) is 1. The summed E-state index contributed by atoms with van der Waals surface area (Å²) in [7, 11) is 0. The second-order valence-corrected chi connectivity index (χ2v) is 8.76. The third-order valence-corrected chi connectivity index (χ3v) is 5.97. The van der Waals surface area contributed by atoms with Gasteiger partial charge in [-0.15, -0.1) is 0 Å². The normalized spacial score (nSPS) is 12.1. The van der Waals surface area contributed by atoms with Crippen LogP contribution in [-0.2, 0) is 4.79 Å². The molecule has 0 fully saturated rings. The van der Waals surface area contributed by atoms with Crippen molar-refractivity contribution in [3.8, 4) is 11.5 Å². The highest BCUT2D eigenvalue weighted by molar-refractivity contribution is 5.94. The van der Waals surface area contributed by atoms with Crippen LogP contribution in [0.5, 0.6) is 0 Å². The van der Waals surface area contributed by atoms with Crippen molar-refractivity contribution in [2.75, 3.05) is 5.32 Å². The number of amides is 1. The van der Waals surface area contributed by atoms with Crippen LogP contribution in [0.15, 0.2) is 77.9 Å². The first-order valence-electron chi connectivity index (χ1n) is 11.4. The lowest BCUT2D eigenvalue weighted by atomic mass is 10.1. The number of anilines is 1. The summed E-state index contributed by atoms with van der Waals surface area (Å²) in [5, 5.41) is 12.6. The third-order valence-electron chi connectivity index (χ3n) is 5.97. The number of carbonyl (C=O) groups is 1. The van der Waals surface area contributed by atoms with E-state index in [1.54, 1.807) is 18.5 Å². The Morgan fingerprint density at radius 2 is 1.57 bits per heavy atom. The first-order valence-corrected chi connectivity index (χ1v) is 11.4. The van der Waals surface area contributed by atoms with Crippen LogP contribution in [0.3, 0.4) is 0 Å². The fourth-order valence-electron chi connectivity index (χ4n) is 4.36. The Balaban J connectivity index is 1.65. The molecule has 5 rings (SSSR count). The first-order chi connectivity index (χ1) is 16.8. The van der Waals surface area contributed by atoms with Crippen molar-refractivity contribution in [1.29, 1.82) is 0 Å². The van der Waals surface area contributed by atoms with Gasteiger partial charge in [-0.3, -0.25) is 9.59 Å². The van der Waals surface area contributed by atoms with E-state index < -0.39 is 6.04 Å². The Bertz CT molecular complexity index is 1580. The van der Waals surface area contributed by atoms with Crippen LogP contribution in [0, 0.1) is 20.8 Å². The zero-order chi connectivity index (χ0) is 24.7. The Kier molecular flexibility index (Phi) is 5.56. The summed E-state index contributed by atoms with van der Waals surface area (Å²) >= 11 is 0. The number of para-hydroxylation sites is 1. The van der Waals surface area contributed by atoms with Crippen molar-refractivity contribution in [3.05, 3.63) is 100 Å². The van der Waals surface area contributed by atoms with Crippen molar-refractivity contribution in [2.24, 2.45) is 0 Å². The molecule has 1 amide bonds. The summed E-state index contributed by atoms with van der Waals surface area (Å²) in [4.78, 5) is 26.9. The van der Waals surface area contributed by atoms with E-state index >= 15 is 0 Å². The Labute approximate surface area is 202 Å². The van der Waals surface area contributed by atoms with Gasteiger partial charge in [-0.05, 0) is 75.2 Å². The van der Waals surface area contributed by atoms with Crippen molar-refractivity contribution in [1.82, 2.24) is 24.1 Å². The quantitative estimate of drug-likeness (QED) is 0.413. The van der Waals surface area contributed by atoms with E-state index in [1.807, 2.05) is 91.5 Å². The van der Waals surface area contributed by atoms with Crippen molar-refractivity contribution >= 4 is 22.5 Å². The molecule has 3 heterocycles. The van der Waals surface area contributed by atoms with Crippen LogP contribution in [0.1, 0.15) is 29.8 Å². The molecule has 0 radical (unpaired) electrons. The molecule has 0 aliphatic rings. The van der Waals surface area contributed by atoms with Crippen LogP contribution in [0.25, 0.3) is 22.4 Å². The van der Waals surface area contributed by atoms with Crippen molar-refractivity contribution in [3.63, 3.8) is 0 Å². The second-order valence-electron chi connectivity index (χ2n) is 8.76. The molecule has 0 saturated carbocycles. The predicted octanol–water partition coefficient (Wildman–Crippen LogP) is 4.50. The van der Waals surface area contributed by atoms with E-state index in [2.05, 4.69) is 10.4 Å². The summed E-state index contributed by atoms with van der Waals surface area (Å²) < 4.78 is 4.85. The van der Waals surface area contributed by atoms with Gasteiger partial charge in [0.25, 0.3) is 5.56 Å². The van der Waals surface area contributed by atoms with Gasteiger partial charge in [0.2, 0.25) is 5.91 Å². The van der Waals surface area contributed by atoms with Crippen LogP contribution < -0.4 is 10.9 Å². The molecule has 2 aromatic carbocycles. The molecule has 0 aliphatic heterocycles. The molecule has 1 N–H and O–H groups in total. The fraction of sp³-hybridized carbons (Fsp3) is 0.185. The predicted molar refractivity (Wildman–Crippen MR) is 136 cm³/mol. The fourth-order valence-corrected chi connectivity index (χ4v) is 4.36. The number of aryl methyl sites for hydroxylation is 3. The minimum absolute atomic E-state index is 0.318. The second kappa shape index (κ2) is 8.72. The third kappa shape index (κ3) is 4.03. The maximum Gasteiger partial charge on any atom is 0.280 e. The van der Waals surface area contributed by atoms with E-state index in [9.17, 15) is 9.59 Å². The molecule has 8 heteroatoms. The number of fused-ring (bicyclic) bond motifs is 1. The Morgan fingerprint density at radius 1 is 0.914 bits per heavy atom. The number of rotatable bonds is 5. The van der Waals surface area contributed by atoms with Gasteiger partial charge in [-0.1, -0.05) is 24.3 Å². The van der Waals surface area contributed by atoms with Gasteiger partial charge < -0.3 is 9.88 Å². The average Bonchev–Trinajstić information content (AvgIpc) is 3.49. The van der Waals surface area contributed by atoms with E-state index in [-0.39, 0.29) is 11.5 Å². The Morgan fingerprint density at radius 3 is 2.23 bits per heavy atom. The molecule has 0 aliphatic carbocycles. The zero-order valence-corrected chi connectivity index (χ0v) is 20.1. The molecular weight excluding hydrogens is 440 g/mol. The van der Waals surface area contributed by atoms with Gasteiger partial charge in [0.05, 0.1) is 11.4 Å². The molecule has 35 heavy (non-hydrogen) atoms. The molecular formula is C27H26N6O2. The van der Waals surface area contributed by atoms with Gasteiger partial charge in [-0.25, -0.2) is 9.36 Å². The van der Waals surface area contributed by atoms with Crippen molar-refractivity contribution in [2.45, 2.75) is 33.7 Å². The monoisotopic (exact) mass is 466 g/mol. The number of hydrogen-bond acceptors (Lipinski definition) is 4. The summed E-state index contributed by atoms with van der Waals surface area (Å²) in [6, 6.07) is 18.4. The van der Waals surface area contributed by atoms with Gasteiger partial charge >= 0.3 is 0 Å². The smallest absolute Gasteiger partial charge is 0.280 e. The van der Waals surface area contributed by atoms with Crippen molar-refractivity contribution < 1.29 is 4.79 Å². The van der Waals surface area contributed by atoms with E-state index in [0.717, 1.165) is 16.8 Å². The maximum absolute atomic E-state index is 13.8. The summed E-state index contributed by atoms with van der Waals surface area (Å²) in [6.07, 6.45) is 3.73. The number of benzene rings is 2. The minimum atomic E-state index is -0.830. The molecule has 1 atom stereocenters. The lowest BCUT2D eigenvalue weighted by Crippen LogP contribution is -2.34. The summed E-state index contributed by atoms with van der Waals surface area (Å²) in [5.74, 6) is 0.281. The minimum Gasteiger partial charge on any atom is -0.324 e. The van der Waals surface area contributed by atoms with Gasteiger partial charge in [0, 0.05) is 18.1 Å². The molecule has 0 bridgehead atoms. The van der Waals surface area contributed by atoms with Gasteiger partial charge in [0.15, 0.2) is 5.82 Å². The zero-order valence-electron chi connectivity index (χ0n) is 20.1.